The van der Waals surface area contributed by atoms with Crippen molar-refractivity contribution >= 4 is 11.7 Å². The van der Waals surface area contributed by atoms with Gasteiger partial charge in [0.05, 0.1) is 6.61 Å². The molecule has 1 aromatic rings. The molecule has 0 radical (unpaired) electrons. The van der Waals surface area contributed by atoms with E-state index in [4.69, 9.17) is 4.74 Å². The van der Waals surface area contributed by atoms with Crippen molar-refractivity contribution in [1.82, 2.24) is 0 Å². The Hall–Kier alpha value is -1.51. The number of nitrogens with one attached hydrogen (secondary N) is 1. The third-order valence-corrected chi connectivity index (χ3v) is 1.97. The summed E-state index contributed by atoms with van der Waals surface area (Å²) in [6.07, 6.45) is 1.97. The molecule has 82 valence electrons. The van der Waals surface area contributed by atoms with Gasteiger partial charge in [-0.15, -0.1) is 0 Å². The summed E-state index contributed by atoms with van der Waals surface area (Å²) in [7, 11) is 0. The summed E-state index contributed by atoms with van der Waals surface area (Å²) in [5.41, 5.74) is 0.935. The second-order valence-electron chi connectivity index (χ2n) is 3.29. The maximum atomic E-state index is 11.2. The first-order chi connectivity index (χ1) is 7.33. The average molecular weight is 207 g/mol. The molecule has 0 bridgehead atoms. The minimum Gasteiger partial charge on any atom is -0.464 e. The standard InChI is InChI=1S/C12H17NO2/c1-2-3-9-15-12(14)10-13-11-7-5-4-6-8-11/h4-8,13H,2-3,9-10H2,1H3. The monoisotopic (exact) mass is 207 g/mol. The van der Waals surface area contributed by atoms with Gasteiger partial charge in [-0.05, 0) is 18.6 Å². The molecule has 0 atom stereocenters. The molecular weight excluding hydrogens is 190 g/mol. The van der Waals surface area contributed by atoms with Gasteiger partial charge in [0.25, 0.3) is 0 Å². The summed E-state index contributed by atoms with van der Waals surface area (Å²) in [4.78, 5) is 11.2. The Morgan fingerprint density at radius 1 is 1.33 bits per heavy atom. The molecule has 0 saturated carbocycles. The van der Waals surface area contributed by atoms with E-state index in [0.29, 0.717) is 6.61 Å². The van der Waals surface area contributed by atoms with Gasteiger partial charge >= 0.3 is 5.97 Å². The van der Waals surface area contributed by atoms with Crippen molar-refractivity contribution in [3.05, 3.63) is 30.3 Å². The van der Waals surface area contributed by atoms with Gasteiger partial charge < -0.3 is 10.1 Å². The zero-order chi connectivity index (χ0) is 10.9. The van der Waals surface area contributed by atoms with Crippen molar-refractivity contribution in [1.29, 1.82) is 0 Å². The normalized spacial score (nSPS) is 9.67. The van der Waals surface area contributed by atoms with Crippen LogP contribution in [0.5, 0.6) is 0 Å². The molecule has 0 heterocycles. The molecule has 0 amide bonds. The third kappa shape index (κ3) is 5.05. The van der Waals surface area contributed by atoms with Crippen molar-refractivity contribution in [3.63, 3.8) is 0 Å². The first kappa shape index (κ1) is 11.6. The summed E-state index contributed by atoms with van der Waals surface area (Å²) in [5.74, 6) is -0.202. The Labute approximate surface area is 90.4 Å². The second-order valence-corrected chi connectivity index (χ2v) is 3.29. The van der Waals surface area contributed by atoms with E-state index in [1.807, 2.05) is 30.3 Å². The van der Waals surface area contributed by atoms with Gasteiger partial charge in [0.1, 0.15) is 6.54 Å². The molecule has 0 aromatic heterocycles. The van der Waals surface area contributed by atoms with E-state index in [0.717, 1.165) is 18.5 Å². The Morgan fingerprint density at radius 3 is 2.73 bits per heavy atom. The van der Waals surface area contributed by atoms with Crippen LogP contribution < -0.4 is 5.32 Å². The van der Waals surface area contributed by atoms with Crippen LogP contribution in [-0.2, 0) is 9.53 Å². The number of rotatable bonds is 6. The number of unbranched alkanes of at least 4 members (excludes halogenated alkanes) is 1. The number of carbonyl (C=O) groups is 1. The Kier molecular flexibility index (Phi) is 5.30. The zero-order valence-corrected chi connectivity index (χ0v) is 9.03. The van der Waals surface area contributed by atoms with Crippen LogP contribution in [-0.4, -0.2) is 19.1 Å². The summed E-state index contributed by atoms with van der Waals surface area (Å²) in [6, 6.07) is 9.61. The van der Waals surface area contributed by atoms with Crippen LogP contribution in [0.3, 0.4) is 0 Å². The summed E-state index contributed by atoms with van der Waals surface area (Å²) in [5, 5.41) is 3.00. The summed E-state index contributed by atoms with van der Waals surface area (Å²) >= 11 is 0. The predicted molar refractivity (Wildman–Crippen MR) is 60.8 cm³/mol. The smallest absolute Gasteiger partial charge is 0.325 e. The van der Waals surface area contributed by atoms with E-state index in [1.165, 1.54) is 0 Å². The van der Waals surface area contributed by atoms with Crippen LogP contribution >= 0.6 is 0 Å². The van der Waals surface area contributed by atoms with Gasteiger partial charge in [0, 0.05) is 5.69 Å². The SMILES string of the molecule is CCCCOC(=O)CNc1ccccc1. The number of benzene rings is 1. The molecule has 3 nitrogen and oxygen atoms in total. The maximum absolute atomic E-state index is 11.2. The van der Waals surface area contributed by atoms with Gasteiger partial charge in [-0.1, -0.05) is 31.5 Å². The van der Waals surface area contributed by atoms with E-state index < -0.39 is 0 Å². The van der Waals surface area contributed by atoms with Gasteiger partial charge in [-0.3, -0.25) is 4.79 Å². The number of carbonyl (C=O) groups excluding carboxylic acids is 1. The van der Waals surface area contributed by atoms with Gasteiger partial charge in [-0.25, -0.2) is 0 Å². The lowest BCUT2D eigenvalue weighted by Crippen LogP contribution is -2.17. The van der Waals surface area contributed by atoms with E-state index >= 15 is 0 Å². The molecule has 0 aliphatic carbocycles. The summed E-state index contributed by atoms with van der Waals surface area (Å²) in [6.45, 7) is 2.82. The highest BCUT2D eigenvalue weighted by Crippen LogP contribution is 2.03. The quantitative estimate of drug-likeness (QED) is 0.575. The van der Waals surface area contributed by atoms with Gasteiger partial charge in [-0.2, -0.15) is 0 Å². The number of hydrogen-bond donors (Lipinski definition) is 1. The lowest BCUT2D eigenvalue weighted by atomic mass is 10.3. The minimum atomic E-state index is -0.202. The molecule has 1 N–H and O–H groups in total. The van der Waals surface area contributed by atoms with Crippen molar-refractivity contribution in [3.8, 4) is 0 Å². The fourth-order valence-electron chi connectivity index (χ4n) is 1.11. The van der Waals surface area contributed by atoms with E-state index in [9.17, 15) is 4.79 Å². The van der Waals surface area contributed by atoms with Crippen molar-refractivity contribution in [2.45, 2.75) is 19.8 Å². The minimum absolute atomic E-state index is 0.202. The molecule has 0 aliphatic heterocycles. The molecule has 0 unspecified atom stereocenters. The van der Waals surface area contributed by atoms with Crippen LogP contribution in [0.15, 0.2) is 30.3 Å². The van der Waals surface area contributed by atoms with Crippen LogP contribution in [0.25, 0.3) is 0 Å². The Morgan fingerprint density at radius 2 is 2.07 bits per heavy atom. The molecule has 0 aliphatic rings. The predicted octanol–water partition coefficient (Wildman–Crippen LogP) is 2.44. The highest BCUT2D eigenvalue weighted by atomic mass is 16.5. The van der Waals surface area contributed by atoms with Crippen molar-refractivity contribution in [2.75, 3.05) is 18.5 Å². The fourth-order valence-corrected chi connectivity index (χ4v) is 1.11. The van der Waals surface area contributed by atoms with Crippen LogP contribution in [0.4, 0.5) is 5.69 Å². The van der Waals surface area contributed by atoms with Crippen molar-refractivity contribution in [2.24, 2.45) is 0 Å². The zero-order valence-electron chi connectivity index (χ0n) is 9.03. The Bertz CT molecular complexity index is 285. The largest absolute Gasteiger partial charge is 0.464 e. The molecule has 0 fully saturated rings. The summed E-state index contributed by atoms with van der Waals surface area (Å²) < 4.78 is 5.00. The molecular formula is C12H17NO2. The first-order valence-corrected chi connectivity index (χ1v) is 5.27. The van der Waals surface area contributed by atoms with Gasteiger partial charge in [0.2, 0.25) is 0 Å². The number of hydrogen-bond acceptors (Lipinski definition) is 3. The molecule has 0 saturated heterocycles. The highest BCUT2D eigenvalue weighted by Gasteiger charge is 2.00. The molecule has 0 spiro atoms. The van der Waals surface area contributed by atoms with E-state index in [2.05, 4.69) is 12.2 Å². The lowest BCUT2D eigenvalue weighted by Gasteiger charge is -2.06. The molecule has 1 rings (SSSR count). The Balaban J connectivity index is 2.17. The van der Waals surface area contributed by atoms with E-state index in [1.54, 1.807) is 0 Å². The molecule has 1 aromatic carbocycles. The molecule has 15 heavy (non-hydrogen) atoms. The van der Waals surface area contributed by atoms with Gasteiger partial charge in [0.15, 0.2) is 0 Å². The number of ether oxygens (including phenoxy) is 1. The highest BCUT2D eigenvalue weighted by molar-refractivity contribution is 5.74. The van der Waals surface area contributed by atoms with E-state index in [-0.39, 0.29) is 12.5 Å². The third-order valence-electron chi connectivity index (χ3n) is 1.97. The first-order valence-electron chi connectivity index (χ1n) is 5.27. The molecule has 3 heteroatoms. The van der Waals surface area contributed by atoms with Crippen molar-refractivity contribution < 1.29 is 9.53 Å². The maximum Gasteiger partial charge on any atom is 0.325 e. The number of para-hydroxylation sites is 1. The fraction of sp³-hybridized carbons (Fsp3) is 0.417. The second kappa shape index (κ2) is 6.87. The topological polar surface area (TPSA) is 38.3 Å². The number of anilines is 1. The lowest BCUT2D eigenvalue weighted by molar-refractivity contribution is -0.141. The average Bonchev–Trinajstić information content (AvgIpc) is 2.28. The van der Waals surface area contributed by atoms with Crippen LogP contribution in [0.2, 0.25) is 0 Å². The van der Waals surface area contributed by atoms with Crippen LogP contribution in [0, 0.1) is 0 Å². The van der Waals surface area contributed by atoms with Crippen LogP contribution in [0.1, 0.15) is 19.8 Å². The number of esters is 1.